The summed E-state index contributed by atoms with van der Waals surface area (Å²) in [4.78, 5) is 11.8. The molecule has 3 aromatic rings. The largest absolute Gasteiger partial charge is 0.365 e. The first-order valence-electron chi connectivity index (χ1n) is 7.04. The Labute approximate surface area is 129 Å². The minimum absolute atomic E-state index is 0.0366. The van der Waals surface area contributed by atoms with Crippen LogP contribution in [0.15, 0.2) is 36.4 Å². The van der Waals surface area contributed by atoms with Crippen molar-refractivity contribution in [1.82, 2.24) is 9.97 Å². The number of anilines is 1. The number of aryl methyl sites for hydroxylation is 1. The van der Waals surface area contributed by atoms with Crippen molar-refractivity contribution < 1.29 is 0 Å². The second-order valence-corrected chi connectivity index (χ2v) is 7.45. The van der Waals surface area contributed by atoms with Gasteiger partial charge in [0, 0.05) is 16.0 Å². The van der Waals surface area contributed by atoms with E-state index >= 15 is 0 Å². The van der Waals surface area contributed by atoms with E-state index in [1.54, 1.807) is 11.3 Å². The monoisotopic (exact) mass is 297 g/mol. The number of hydrogen-bond acceptors (Lipinski definition) is 4. The van der Waals surface area contributed by atoms with Crippen molar-refractivity contribution in [3.05, 3.63) is 41.3 Å². The van der Waals surface area contributed by atoms with Gasteiger partial charge in [0.2, 0.25) is 0 Å². The minimum Gasteiger partial charge on any atom is -0.365 e. The van der Waals surface area contributed by atoms with Crippen LogP contribution in [0.2, 0.25) is 0 Å². The maximum atomic E-state index is 4.75. The molecule has 0 fully saturated rings. The van der Waals surface area contributed by atoms with E-state index in [9.17, 15) is 0 Å². The molecule has 108 valence electrons. The molecule has 1 aromatic carbocycles. The van der Waals surface area contributed by atoms with Crippen LogP contribution in [0.1, 0.15) is 25.6 Å². The van der Waals surface area contributed by atoms with Gasteiger partial charge in [0.25, 0.3) is 0 Å². The topological polar surface area (TPSA) is 37.8 Å². The van der Waals surface area contributed by atoms with Gasteiger partial charge in [-0.3, -0.25) is 0 Å². The number of rotatable bonds is 2. The molecule has 0 bridgehead atoms. The third-order valence-corrected chi connectivity index (χ3v) is 3.99. The Hall–Kier alpha value is -1.94. The van der Waals surface area contributed by atoms with E-state index in [4.69, 9.17) is 9.97 Å². The number of hydrogen-bond donors (Lipinski definition) is 1. The van der Waals surface area contributed by atoms with Gasteiger partial charge in [-0.25, -0.2) is 9.97 Å². The van der Waals surface area contributed by atoms with Gasteiger partial charge in [-0.1, -0.05) is 30.3 Å². The summed E-state index contributed by atoms with van der Waals surface area (Å²) in [6.45, 7) is 8.53. The predicted molar refractivity (Wildman–Crippen MR) is 91.0 cm³/mol. The molecule has 0 aliphatic rings. The van der Waals surface area contributed by atoms with Crippen LogP contribution in [0.5, 0.6) is 0 Å². The van der Waals surface area contributed by atoms with E-state index < -0.39 is 0 Å². The molecule has 0 atom stereocenters. The fourth-order valence-corrected chi connectivity index (χ4v) is 3.09. The Bertz CT molecular complexity index is 770. The zero-order valence-electron chi connectivity index (χ0n) is 12.8. The summed E-state index contributed by atoms with van der Waals surface area (Å²) in [5.74, 6) is 1.69. The Balaban J connectivity index is 2.19. The minimum atomic E-state index is -0.0366. The van der Waals surface area contributed by atoms with E-state index in [1.165, 1.54) is 4.88 Å². The molecule has 0 aliphatic heterocycles. The van der Waals surface area contributed by atoms with Crippen LogP contribution in [-0.2, 0) is 0 Å². The lowest BCUT2D eigenvalue weighted by molar-refractivity contribution is 0.631. The van der Waals surface area contributed by atoms with Crippen LogP contribution < -0.4 is 5.32 Å². The van der Waals surface area contributed by atoms with E-state index in [0.717, 1.165) is 27.4 Å². The zero-order chi connectivity index (χ0) is 15.0. The molecule has 0 radical (unpaired) electrons. The average Bonchev–Trinajstić information content (AvgIpc) is 2.79. The van der Waals surface area contributed by atoms with Crippen molar-refractivity contribution in [2.24, 2.45) is 0 Å². The molecule has 3 nitrogen and oxygen atoms in total. The molecule has 0 saturated heterocycles. The molecule has 3 rings (SSSR count). The van der Waals surface area contributed by atoms with Gasteiger partial charge in [-0.2, -0.15) is 0 Å². The maximum Gasteiger partial charge on any atom is 0.163 e. The van der Waals surface area contributed by atoms with E-state index in [2.05, 4.69) is 39.1 Å². The highest BCUT2D eigenvalue weighted by molar-refractivity contribution is 7.18. The Morgan fingerprint density at radius 1 is 1.05 bits per heavy atom. The first kappa shape index (κ1) is 14.0. The second-order valence-electron chi connectivity index (χ2n) is 6.21. The van der Waals surface area contributed by atoms with Crippen molar-refractivity contribution in [2.45, 2.75) is 33.2 Å². The van der Waals surface area contributed by atoms with Gasteiger partial charge in [0.15, 0.2) is 5.82 Å². The third kappa shape index (κ3) is 3.05. The van der Waals surface area contributed by atoms with Crippen molar-refractivity contribution in [3.8, 4) is 11.4 Å². The fourth-order valence-electron chi connectivity index (χ4n) is 2.21. The first-order valence-corrected chi connectivity index (χ1v) is 7.86. The van der Waals surface area contributed by atoms with Gasteiger partial charge in [-0.15, -0.1) is 11.3 Å². The Morgan fingerprint density at radius 2 is 1.76 bits per heavy atom. The van der Waals surface area contributed by atoms with Crippen LogP contribution in [0.25, 0.3) is 21.6 Å². The van der Waals surface area contributed by atoms with Crippen LogP contribution in [0, 0.1) is 6.92 Å². The summed E-state index contributed by atoms with van der Waals surface area (Å²) in [5, 5.41) is 4.61. The predicted octanol–water partition coefficient (Wildman–Crippen LogP) is 4.88. The molecule has 0 saturated carbocycles. The number of thiophene rings is 1. The van der Waals surface area contributed by atoms with Gasteiger partial charge in [-0.05, 0) is 33.8 Å². The smallest absolute Gasteiger partial charge is 0.163 e. The van der Waals surface area contributed by atoms with Crippen molar-refractivity contribution >= 4 is 27.4 Å². The SMILES string of the molecule is Cc1cc2c(NC(C)(C)C)nc(-c3ccccc3)nc2s1. The molecule has 2 heterocycles. The van der Waals surface area contributed by atoms with Crippen molar-refractivity contribution in [1.29, 1.82) is 0 Å². The normalized spacial score (nSPS) is 11.8. The van der Waals surface area contributed by atoms with Gasteiger partial charge in [0.1, 0.15) is 10.6 Å². The maximum absolute atomic E-state index is 4.75. The van der Waals surface area contributed by atoms with Crippen molar-refractivity contribution in [3.63, 3.8) is 0 Å². The van der Waals surface area contributed by atoms with E-state index in [0.29, 0.717) is 0 Å². The van der Waals surface area contributed by atoms with Gasteiger partial charge < -0.3 is 5.32 Å². The molecule has 0 amide bonds. The summed E-state index contributed by atoms with van der Waals surface area (Å²) in [5.41, 5.74) is 1.01. The summed E-state index contributed by atoms with van der Waals surface area (Å²) in [7, 11) is 0. The number of nitrogens with zero attached hydrogens (tertiary/aromatic N) is 2. The van der Waals surface area contributed by atoms with Crippen molar-refractivity contribution in [2.75, 3.05) is 5.32 Å². The fraction of sp³-hybridized carbons (Fsp3) is 0.294. The molecule has 21 heavy (non-hydrogen) atoms. The van der Waals surface area contributed by atoms with Crippen LogP contribution in [-0.4, -0.2) is 15.5 Å². The number of aromatic nitrogens is 2. The third-order valence-electron chi connectivity index (χ3n) is 3.04. The Kier molecular flexibility index (Phi) is 3.41. The Morgan fingerprint density at radius 3 is 2.43 bits per heavy atom. The lowest BCUT2D eigenvalue weighted by Crippen LogP contribution is -2.26. The molecule has 2 aromatic heterocycles. The second kappa shape index (κ2) is 5.11. The molecule has 0 aliphatic carbocycles. The average molecular weight is 297 g/mol. The number of benzene rings is 1. The van der Waals surface area contributed by atoms with E-state index in [1.807, 2.05) is 30.3 Å². The lowest BCUT2D eigenvalue weighted by Gasteiger charge is -2.22. The molecule has 0 unspecified atom stereocenters. The molecule has 1 N–H and O–H groups in total. The standard InChI is InChI=1S/C17H19N3S/c1-11-10-13-15(20-17(2,3)4)18-14(19-16(13)21-11)12-8-6-5-7-9-12/h5-10H,1-4H3,(H,18,19,20). The highest BCUT2D eigenvalue weighted by Crippen LogP contribution is 2.32. The highest BCUT2D eigenvalue weighted by Gasteiger charge is 2.16. The van der Waals surface area contributed by atoms with E-state index in [-0.39, 0.29) is 5.54 Å². The molecular formula is C17H19N3S. The van der Waals surface area contributed by atoms with Crippen LogP contribution in [0.3, 0.4) is 0 Å². The van der Waals surface area contributed by atoms with Crippen LogP contribution in [0.4, 0.5) is 5.82 Å². The highest BCUT2D eigenvalue weighted by atomic mass is 32.1. The first-order chi connectivity index (χ1) is 9.92. The summed E-state index contributed by atoms with van der Waals surface area (Å²) in [6, 6.07) is 12.3. The summed E-state index contributed by atoms with van der Waals surface area (Å²) in [6.07, 6.45) is 0. The van der Waals surface area contributed by atoms with Crippen LogP contribution >= 0.6 is 11.3 Å². The molecular weight excluding hydrogens is 278 g/mol. The quantitative estimate of drug-likeness (QED) is 0.732. The van der Waals surface area contributed by atoms with Gasteiger partial charge in [0.05, 0.1) is 5.39 Å². The molecule has 4 heteroatoms. The molecule has 0 spiro atoms. The lowest BCUT2D eigenvalue weighted by atomic mass is 10.1. The zero-order valence-corrected chi connectivity index (χ0v) is 13.6. The van der Waals surface area contributed by atoms with Gasteiger partial charge >= 0.3 is 0 Å². The summed E-state index contributed by atoms with van der Waals surface area (Å²) < 4.78 is 0. The number of fused-ring (bicyclic) bond motifs is 1. The number of nitrogens with one attached hydrogen (secondary N) is 1. The summed E-state index contributed by atoms with van der Waals surface area (Å²) >= 11 is 1.71.